The van der Waals surface area contributed by atoms with E-state index in [0.29, 0.717) is 0 Å². The van der Waals surface area contributed by atoms with Crippen molar-refractivity contribution in [3.8, 4) is 0 Å². The monoisotopic (exact) mass is 116 g/mol. The van der Waals surface area contributed by atoms with Crippen molar-refractivity contribution in [3.05, 3.63) is 0 Å². The van der Waals surface area contributed by atoms with Crippen molar-refractivity contribution in [1.82, 2.24) is 0 Å². The van der Waals surface area contributed by atoms with Crippen molar-refractivity contribution < 1.29 is 14.3 Å². The van der Waals surface area contributed by atoms with Gasteiger partial charge in [-0.2, -0.15) is 0 Å². The second kappa shape index (κ2) is 2.05. The third kappa shape index (κ3) is 1.02. The van der Waals surface area contributed by atoms with Crippen molar-refractivity contribution in [2.24, 2.45) is 0 Å². The smallest absolute Gasteiger partial charge is 0.402 e. The van der Waals surface area contributed by atoms with Crippen molar-refractivity contribution in [2.45, 2.75) is 26.1 Å². The molecular formula is C4H9BO3. The van der Waals surface area contributed by atoms with Gasteiger partial charge in [0.05, 0.1) is 12.2 Å². The molecule has 0 aromatic rings. The third-order valence-corrected chi connectivity index (χ3v) is 1.32. The van der Waals surface area contributed by atoms with E-state index >= 15 is 0 Å². The highest BCUT2D eigenvalue weighted by Crippen LogP contribution is 2.12. The first kappa shape index (κ1) is 6.07. The van der Waals surface area contributed by atoms with Crippen LogP contribution < -0.4 is 0 Å². The molecule has 2 atom stereocenters. The van der Waals surface area contributed by atoms with Crippen LogP contribution >= 0.6 is 0 Å². The molecule has 0 aliphatic carbocycles. The van der Waals surface area contributed by atoms with Crippen LogP contribution in [-0.4, -0.2) is 24.6 Å². The van der Waals surface area contributed by atoms with E-state index in [1.165, 1.54) is 0 Å². The van der Waals surface area contributed by atoms with Crippen LogP contribution in [0.2, 0.25) is 0 Å². The van der Waals surface area contributed by atoms with Gasteiger partial charge in [0.1, 0.15) is 0 Å². The molecule has 0 spiro atoms. The predicted octanol–water partition coefficient (Wildman–Crippen LogP) is -0.213. The minimum atomic E-state index is -1.00. The van der Waals surface area contributed by atoms with E-state index in [-0.39, 0.29) is 12.2 Å². The molecule has 0 radical (unpaired) electrons. The Bertz CT molecular complexity index is 77.4. The summed E-state index contributed by atoms with van der Waals surface area (Å²) in [6.45, 7) is 3.72. The van der Waals surface area contributed by atoms with Crippen LogP contribution in [0.5, 0.6) is 0 Å². The van der Waals surface area contributed by atoms with Gasteiger partial charge in [0.15, 0.2) is 0 Å². The Morgan fingerprint density at radius 3 is 1.75 bits per heavy atom. The highest BCUT2D eigenvalue weighted by molar-refractivity contribution is 6.35. The molecule has 1 aliphatic heterocycles. The molecular weight excluding hydrogens is 107 g/mol. The Labute approximate surface area is 48.8 Å². The standard InChI is InChI=1S/C4H9BO3/c1-3-4(2)8-5(6)7-3/h3-4,6H,1-2H3. The Morgan fingerprint density at radius 2 is 1.62 bits per heavy atom. The number of rotatable bonds is 0. The lowest BCUT2D eigenvalue weighted by molar-refractivity contribution is 0.187. The molecule has 0 amide bonds. The normalized spacial score (nSPS) is 38.6. The summed E-state index contributed by atoms with van der Waals surface area (Å²) in [5.41, 5.74) is 0. The van der Waals surface area contributed by atoms with E-state index in [1.807, 2.05) is 13.8 Å². The van der Waals surface area contributed by atoms with E-state index < -0.39 is 7.32 Å². The summed E-state index contributed by atoms with van der Waals surface area (Å²) in [5.74, 6) is 0. The van der Waals surface area contributed by atoms with E-state index in [0.717, 1.165) is 0 Å². The molecule has 0 aromatic carbocycles. The topological polar surface area (TPSA) is 38.7 Å². The molecule has 8 heavy (non-hydrogen) atoms. The largest absolute Gasteiger partial charge is 0.637 e. The molecule has 1 aliphatic rings. The van der Waals surface area contributed by atoms with Crippen molar-refractivity contribution in [1.29, 1.82) is 0 Å². The molecule has 2 unspecified atom stereocenters. The fourth-order valence-corrected chi connectivity index (χ4v) is 0.621. The van der Waals surface area contributed by atoms with E-state index in [9.17, 15) is 0 Å². The average molecular weight is 116 g/mol. The van der Waals surface area contributed by atoms with Gasteiger partial charge in [-0.15, -0.1) is 0 Å². The third-order valence-electron chi connectivity index (χ3n) is 1.32. The maximum Gasteiger partial charge on any atom is 0.637 e. The first-order valence-electron chi connectivity index (χ1n) is 2.69. The second-order valence-electron chi connectivity index (χ2n) is 1.99. The Kier molecular flexibility index (Phi) is 1.55. The molecule has 1 heterocycles. The van der Waals surface area contributed by atoms with Gasteiger partial charge in [-0.05, 0) is 13.8 Å². The van der Waals surface area contributed by atoms with E-state index in [2.05, 4.69) is 0 Å². The first-order chi connectivity index (χ1) is 3.70. The average Bonchev–Trinajstić information content (AvgIpc) is 1.85. The van der Waals surface area contributed by atoms with Gasteiger partial charge >= 0.3 is 7.32 Å². The zero-order valence-electron chi connectivity index (χ0n) is 5.00. The summed E-state index contributed by atoms with van der Waals surface area (Å²) in [4.78, 5) is 0. The molecule has 1 N–H and O–H groups in total. The quantitative estimate of drug-likeness (QED) is 0.445. The molecule has 0 aromatic heterocycles. The Morgan fingerprint density at radius 1 is 1.25 bits per heavy atom. The molecule has 46 valence electrons. The van der Waals surface area contributed by atoms with Gasteiger partial charge < -0.3 is 14.3 Å². The molecule has 1 rings (SSSR count). The Hall–Kier alpha value is -0.0551. The van der Waals surface area contributed by atoms with Crippen LogP contribution in [0.1, 0.15) is 13.8 Å². The van der Waals surface area contributed by atoms with Gasteiger partial charge in [-0.1, -0.05) is 0 Å². The van der Waals surface area contributed by atoms with Crippen molar-refractivity contribution in [3.63, 3.8) is 0 Å². The van der Waals surface area contributed by atoms with Gasteiger partial charge in [0.25, 0.3) is 0 Å². The van der Waals surface area contributed by atoms with Gasteiger partial charge in [-0.3, -0.25) is 0 Å². The lowest BCUT2D eigenvalue weighted by Crippen LogP contribution is -2.13. The number of hydrogen-bond acceptors (Lipinski definition) is 3. The molecule has 0 saturated carbocycles. The second-order valence-corrected chi connectivity index (χ2v) is 1.99. The summed E-state index contributed by atoms with van der Waals surface area (Å²) in [7, 11) is -1.00. The predicted molar refractivity (Wildman–Crippen MR) is 29.1 cm³/mol. The van der Waals surface area contributed by atoms with E-state index in [1.54, 1.807) is 0 Å². The number of hydrogen-bond donors (Lipinski definition) is 1. The summed E-state index contributed by atoms with van der Waals surface area (Å²) < 4.78 is 9.61. The Balaban J connectivity index is 2.39. The maximum absolute atomic E-state index is 8.63. The minimum absolute atomic E-state index is 0.0185. The molecule has 0 bridgehead atoms. The van der Waals surface area contributed by atoms with E-state index in [4.69, 9.17) is 14.3 Å². The van der Waals surface area contributed by atoms with Gasteiger partial charge in [-0.25, -0.2) is 0 Å². The SMILES string of the molecule is CC1OB(O)OC1C. The molecule has 1 saturated heterocycles. The van der Waals surface area contributed by atoms with Crippen LogP contribution in [-0.2, 0) is 9.31 Å². The molecule has 3 nitrogen and oxygen atoms in total. The highest BCUT2D eigenvalue weighted by Gasteiger charge is 2.33. The first-order valence-corrected chi connectivity index (χ1v) is 2.69. The van der Waals surface area contributed by atoms with Crippen LogP contribution in [0.4, 0.5) is 0 Å². The van der Waals surface area contributed by atoms with Crippen molar-refractivity contribution >= 4 is 7.32 Å². The van der Waals surface area contributed by atoms with Crippen LogP contribution in [0.25, 0.3) is 0 Å². The lowest BCUT2D eigenvalue weighted by atomic mass is 10.3. The zero-order chi connectivity index (χ0) is 6.15. The van der Waals surface area contributed by atoms with Crippen LogP contribution in [0.3, 0.4) is 0 Å². The fraction of sp³-hybridized carbons (Fsp3) is 1.00. The summed E-state index contributed by atoms with van der Waals surface area (Å²) in [6, 6.07) is 0. The lowest BCUT2D eigenvalue weighted by Gasteiger charge is -2.04. The summed E-state index contributed by atoms with van der Waals surface area (Å²) in [5, 5.41) is 8.63. The summed E-state index contributed by atoms with van der Waals surface area (Å²) >= 11 is 0. The molecule has 1 fully saturated rings. The maximum atomic E-state index is 8.63. The van der Waals surface area contributed by atoms with Crippen molar-refractivity contribution in [2.75, 3.05) is 0 Å². The van der Waals surface area contributed by atoms with Gasteiger partial charge in [0, 0.05) is 0 Å². The highest BCUT2D eigenvalue weighted by atomic mass is 16.7. The molecule has 4 heteroatoms. The zero-order valence-corrected chi connectivity index (χ0v) is 5.00. The minimum Gasteiger partial charge on any atom is -0.402 e. The van der Waals surface area contributed by atoms with Crippen LogP contribution in [0.15, 0.2) is 0 Å². The van der Waals surface area contributed by atoms with Gasteiger partial charge in [0.2, 0.25) is 0 Å². The van der Waals surface area contributed by atoms with Crippen LogP contribution in [0, 0.1) is 0 Å². The fourth-order valence-electron chi connectivity index (χ4n) is 0.621. The summed E-state index contributed by atoms with van der Waals surface area (Å²) in [6.07, 6.45) is 0.0370.